The quantitative estimate of drug-likeness (QED) is 0.651. The second kappa shape index (κ2) is 8.36. The number of carbonyl (C=O) groups is 1. The molecule has 138 valence electrons. The topological polar surface area (TPSA) is 63.2 Å². The maximum atomic E-state index is 12.5. The van der Waals surface area contributed by atoms with Crippen molar-refractivity contribution in [3.05, 3.63) is 77.6 Å². The van der Waals surface area contributed by atoms with Gasteiger partial charge in [0.25, 0.3) is 5.91 Å². The summed E-state index contributed by atoms with van der Waals surface area (Å²) in [6, 6.07) is 17.0. The van der Waals surface area contributed by atoms with Crippen molar-refractivity contribution < 1.29 is 9.53 Å². The summed E-state index contributed by atoms with van der Waals surface area (Å²) in [6.07, 6.45) is 2.56. The Balaban J connectivity index is 1.78. The van der Waals surface area contributed by atoms with Crippen LogP contribution in [0.2, 0.25) is 0 Å². The molecule has 0 fully saturated rings. The van der Waals surface area contributed by atoms with Crippen molar-refractivity contribution in [2.45, 2.75) is 20.3 Å². The Bertz CT molecular complexity index is 937. The minimum absolute atomic E-state index is 0.260. The molecule has 0 aliphatic rings. The van der Waals surface area contributed by atoms with Gasteiger partial charge in [-0.2, -0.15) is 0 Å². The van der Waals surface area contributed by atoms with Gasteiger partial charge in [-0.15, -0.1) is 0 Å². The zero-order valence-electron chi connectivity index (χ0n) is 15.7. The van der Waals surface area contributed by atoms with Gasteiger partial charge < -0.3 is 15.4 Å². The van der Waals surface area contributed by atoms with Gasteiger partial charge in [0, 0.05) is 23.3 Å². The van der Waals surface area contributed by atoms with E-state index < -0.39 is 0 Å². The Morgan fingerprint density at radius 1 is 1.07 bits per heavy atom. The predicted octanol–water partition coefficient (Wildman–Crippen LogP) is 4.96. The number of benzene rings is 2. The maximum Gasteiger partial charge on any atom is 0.274 e. The number of pyridine rings is 1. The molecule has 3 rings (SSSR count). The lowest BCUT2D eigenvalue weighted by molar-refractivity contribution is 0.102. The van der Waals surface area contributed by atoms with Crippen LogP contribution < -0.4 is 15.4 Å². The smallest absolute Gasteiger partial charge is 0.274 e. The number of ether oxygens (including phenoxy) is 1. The van der Waals surface area contributed by atoms with E-state index in [9.17, 15) is 4.79 Å². The minimum Gasteiger partial charge on any atom is -0.497 e. The van der Waals surface area contributed by atoms with E-state index in [1.165, 1.54) is 5.56 Å². The third kappa shape index (κ3) is 4.44. The number of hydrogen-bond acceptors (Lipinski definition) is 4. The van der Waals surface area contributed by atoms with Gasteiger partial charge in [-0.05, 0) is 60.9 Å². The highest BCUT2D eigenvalue weighted by Crippen LogP contribution is 2.25. The molecular weight excluding hydrogens is 338 g/mol. The van der Waals surface area contributed by atoms with Crippen molar-refractivity contribution in [3.63, 3.8) is 0 Å². The fourth-order valence-corrected chi connectivity index (χ4v) is 2.85. The summed E-state index contributed by atoms with van der Waals surface area (Å²) in [5, 5.41) is 6.28. The molecular formula is C22H23N3O2. The molecule has 0 aliphatic heterocycles. The molecule has 0 bridgehead atoms. The van der Waals surface area contributed by atoms with Gasteiger partial charge in [-0.3, -0.25) is 9.78 Å². The summed E-state index contributed by atoms with van der Waals surface area (Å²) in [7, 11) is 1.61. The van der Waals surface area contributed by atoms with Crippen molar-refractivity contribution in [1.82, 2.24) is 4.98 Å². The number of carbonyl (C=O) groups excluding carboxylic acids is 1. The lowest BCUT2D eigenvalue weighted by Crippen LogP contribution is -2.13. The molecule has 0 atom stereocenters. The molecule has 0 radical (unpaired) electrons. The fraction of sp³-hybridized carbons (Fsp3) is 0.182. The highest BCUT2D eigenvalue weighted by molar-refractivity contribution is 6.03. The highest BCUT2D eigenvalue weighted by atomic mass is 16.5. The van der Waals surface area contributed by atoms with Crippen LogP contribution in [0.1, 0.15) is 28.5 Å². The van der Waals surface area contributed by atoms with Crippen LogP contribution in [0.25, 0.3) is 0 Å². The number of aryl methyl sites for hydroxylation is 2. The summed E-state index contributed by atoms with van der Waals surface area (Å²) in [5.41, 5.74) is 5.34. The molecule has 3 aromatic rings. The number of nitrogens with zero attached hydrogens (tertiary/aromatic N) is 1. The Labute approximate surface area is 159 Å². The molecule has 0 saturated carbocycles. The van der Waals surface area contributed by atoms with Crippen LogP contribution in [0, 0.1) is 6.92 Å². The molecule has 27 heavy (non-hydrogen) atoms. The number of methoxy groups -OCH3 is 1. The van der Waals surface area contributed by atoms with E-state index >= 15 is 0 Å². The van der Waals surface area contributed by atoms with Gasteiger partial charge >= 0.3 is 0 Å². The van der Waals surface area contributed by atoms with Gasteiger partial charge in [-0.1, -0.05) is 25.1 Å². The van der Waals surface area contributed by atoms with Crippen molar-refractivity contribution in [1.29, 1.82) is 0 Å². The van der Waals surface area contributed by atoms with E-state index in [1.54, 1.807) is 43.6 Å². The Morgan fingerprint density at radius 2 is 1.85 bits per heavy atom. The zero-order chi connectivity index (χ0) is 19.2. The van der Waals surface area contributed by atoms with Crippen molar-refractivity contribution in [2.75, 3.05) is 17.7 Å². The average molecular weight is 361 g/mol. The van der Waals surface area contributed by atoms with Gasteiger partial charge in [-0.25, -0.2) is 0 Å². The summed E-state index contributed by atoms with van der Waals surface area (Å²) in [5.74, 6) is 0.478. The normalized spacial score (nSPS) is 10.3. The number of anilines is 3. The fourth-order valence-electron chi connectivity index (χ4n) is 2.85. The summed E-state index contributed by atoms with van der Waals surface area (Å²) < 4.78 is 5.13. The van der Waals surface area contributed by atoms with E-state index in [1.807, 2.05) is 6.07 Å². The van der Waals surface area contributed by atoms with Gasteiger partial charge in [0.15, 0.2) is 0 Å². The second-order valence-electron chi connectivity index (χ2n) is 6.20. The first-order valence-corrected chi connectivity index (χ1v) is 8.87. The minimum atomic E-state index is -0.260. The summed E-state index contributed by atoms with van der Waals surface area (Å²) in [6.45, 7) is 4.19. The first kappa shape index (κ1) is 18.5. The number of para-hydroxylation sites is 1. The first-order chi connectivity index (χ1) is 13.1. The molecule has 1 aromatic heterocycles. The number of nitrogens with one attached hydrogen (secondary N) is 2. The molecule has 0 aliphatic carbocycles. The molecule has 0 spiro atoms. The number of amides is 1. The Hall–Kier alpha value is -3.34. The third-order valence-corrected chi connectivity index (χ3v) is 4.35. The van der Waals surface area contributed by atoms with Crippen molar-refractivity contribution in [2.24, 2.45) is 0 Å². The molecule has 2 aromatic carbocycles. The molecule has 2 N–H and O–H groups in total. The van der Waals surface area contributed by atoms with E-state index in [-0.39, 0.29) is 5.91 Å². The molecule has 1 heterocycles. The monoisotopic (exact) mass is 361 g/mol. The molecule has 1 amide bonds. The average Bonchev–Trinajstić information content (AvgIpc) is 2.70. The van der Waals surface area contributed by atoms with Crippen LogP contribution in [0.3, 0.4) is 0 Å². The summed E-state index contributed by atoms with van der Waals surface area (Å²) in [4.78, 5) is 16.7. The number of aromatic nitrogens is 1. The van der Waals surface area contributed by atoms with Crippen LogP contribution in [-0.2, 0) is 6.42 Å². The zero-order valence-corrected chi connectivity index (χ0v) is 15.7. The van der Waals surface area contributed by atoms with Crippen molar-refractivity contribution in [3.8, 4) is 5.75 Å². The lowest BCUT2D eigenvalue weighted by atomic mass is 10.1. The van der Waals surface area contributed by atoms with E-state index in [0.29, 0.717) is 11.4 Å². The standard InChI is InChI=1S/C22H23N3O2/c1-4-16-7-5-6-15(2)21(16)24-18-12-13-23-20(14-18)22(26)25-17-8-10-19(27-3)11-9-17/h5-14H,4H2,1-3H3,(H,23,24)(H,25,26). The van der Waals surface area contributed by atoms with Crippen LogP contribution in [0.4, 0.5) is 17.1 Å². The SMILES string of the molecule is CCc1cccc(C)c1Nc1ccnc(C(=O)Nc2ccc(OC)cc2)c1. The first-order valence-electron chi connectivity index (χ1n) is 8.87. The molecule has 0 saturated heterocycles. The van der Waals surface area contributed by atoms with Gasteiger partial charge in [0.2, 0.25) is 0 Å². The maximum absolute atomic E-state index is 12.5. The van der Waals surface area contributed by atoms with Crippen LogP contribution in [0.5, 0.6) is 5.75 Å². The lowest BCUT2D eigenvalue weighted by Gasteiger charge is -2.14. The largest absolute Gasteiger partial charge is 0.497 e. The van der Waals surface area contributed by atoms with E-state index in [0.717, 1.165) is 29.1 Å². The predicted molar refractivity (Wildman–Crippen MR) is 109 cm³/mol. The van der Waals surface area contributed by atoms with E-state index in [4.69, 9.17) is 4.74 Å². The second-order valence-corrected chi connectivity index (χ2v) is 6.20. The van der Waals surface area contributed by atoms with Gasteiger partial charge in [0.05, 0.1) is 7.11 Å². The summed E-state index contributed by atoms with van der Waals surface area (Å²) >= 11 is 0. The highest BCUT2D eigenvalue weighted by Gasteiger charge is 2.10. The Kier molecular flexibility index (Phi) is 5.71. The van der Waals surface area contributed by atoms with Gasteiger partial charge in [0.1, 0.15) is 11.4 Å². The number of rotatable bonds is 6. The molecule has 0 unspecified atom stereocenters. The Morgan fingerprint density at radius 3 is 2.56 bits per heavy atom. The van der Waals surface area contributed by atoms with Crippen LogP contribution in [0.15, 0.2) is 60.8 Å². The van der Waals surface area contributed by atoms with Crippen LogP contribution in [-0.4, -0.2) is 18.0 Å². The van der Waals surface area contributed by atoms with Crippen molar-refractivity contribution >= 4 is 23.0 Å². The van der Waals surface area contributed by atoms with E-state index in [2.05, 4.69) is 47.7 Å². The molecule has 5 nitrogen and oxygen atoms in total. The number of hydrogen-bond donors (Lipinski definition) is 2. The molecule has 5 heteroatoms. The van der Waals surface area contributed by atoms with Crippen LogP contribution >= 0.6 is 0 Å². The third-order valence-electron chi connectivity index (χ3n) is 4.35.